The van der Waals surface area contributed by atoms with Gasteiger partial charge in [0.25, 0.3) is 7.37 Å². The predicted molar refractivity (Wildman–Crippen MR) is 115 cm³/mol. The molecule has 0 heterocycles. The first-order valence-corrected chi connectivity index (χ1v) is 11.4. The van der Waals surface area contributed by atoms with Crippen molar-refractivity contribution in [2.75, 3.05) is 6.61 Å². The molecule has 3 aromatic rings. The molecule has 27 heavy (non-hydrogen) atoms. The van der Waals surface area contributed by atoms with E-state index in [1.807, 2.05) is 79.7 Å². The van der Waals surface area contributed by atoms with Crippen molar-refractivity contribution >= 4 is 28.6 Å². The van der Waals surface area contributed by atoms with E-state index in [4.69, 9.17) is 4.52 Å². The molecule has 0 aliphatic carbocycles. The van der Waals surface area contributed by atoms with Crippen molar-refractivity contribution in [2.45, 2.75) is 19.3 Å². The van der Waals surface area contributed by atoms with Gasteiger partial charge < -0.3 is 4.52 Å². The van der Waals surface area contributed by atoms with Gasteiger partial charge in [0, 0.05) is 16.3 Å². The molecule has 0 radical (unpaired) electrons. The van der Waals surface area contributed by atoms with Crippen LogP contribution in [0.5, 0.6) is 0 Å². The Morgan fingerprint density at radius 1 is 0.926 bits per heavy atom. The Labute approximate surface area is 169 Å². The maximum Gasteiger partial charge on any atom is 0.252 e. The van der Waals surface area contributed by atoms with Gasteiger partial charge >= 0.3 is 0 Å². The summed E-state index contributed by atoms with van der Waals surface area (Å²) in [6.45, 7) is 2.86. The minimum Gasteiger partial charge on any atom is -0.324 e. The van der Waals surface area contributed by atoms with Gasteiger partial charge in [-0.15, -0.1) is 0 Å². The van der Waals surface area contributed by atoms with Gasteiger partial charge in [-0.2, -0.15) is 0 Å². The van der Waals surface area contributed by atoms with Crippen molar-refractivity contribution in [3.8, 4) is 0 Å². The molecule has 3 nitrogen and oxygen atoms in total. The summed E-state index contributed by atoms with van der Waals surface area (Å²) in [5, 5.41) is 4.20. The SMILES string of the molecule is CCOP(=O)(c1ccc(Br)cc1)C(NCc1ccccc1)c1ccccc1. The molecule has 0 aliphatic rings. The van der Waals surface area contributed by atoms with Crippen LogP contribution in [0.25, 0.3) is 0 Å². The summed E-state index contributed by atoms with van der Waals surface area (Å²) in [6, 6.07) is 27.5. The van der Waals surface area contributed by atoms with Gasteiger partial charge in [0.1, 0.15) is 5.78 Å². The zero-order valence-electron chi connectivity index (χ0n) is 15.2. The molecule has 0 fully saturated rings. The predicted octanol–water partition coefficient (Wildman–Crippen LogP) is 5.88. The van der Waals surface area contributed by atoms with Gasteiger partial charge in [0.15, 0.2) is 0 Å². The first-order valence-electron chi connectivity index (χ1n) is 8.96. The van der Waals surface area contributed by atoms with E-state index in [0.29, 0.717) is 18.5 Å². The average Bonchev–Trinajstić information content (AvgIpc) is 2.70. The minimum absolute atomic E-state index is 0.379. The number of nitrogens with one attached hydrogen (secondary N) is 1. The zero-order valence-corrected chi connectivity index (χ0v) is 17.7. The Kier molecular flexibility index (Phi) is 7.03. The Morgan fingerprint density at radius 3 is 2.11 bits per heavy atom. The zero-order chi connectivity index (χ0) is 19.1. The molecule has 140 valence electrons. The highest BCUT2D eigenvalue weighted by atomic mass is 79.9. The number of hydrogen-bond acceptors (Lipinski definition) is 3. The van der Waals surface area contributed by atoms with Gasteiger partial charge in [0.2, 0.25) is 0 Å². The highest BCUT2D eigenvalue weighted by Crippen LogP contribution is 2.57. The van der Waals surface area contributed by atoms with E-state index >= 15 is 0 Å². The molecule has 0 aromatic heterocycles. The smallest absolute Gasteiger partial charge is 0.252 e. The Bertz CT molecular complexity index is 885. The van der Waals surface area contributed by atoms with Crippen LogP contribution in [-0.2, 0) is 15.6 Å². The van der Waals surface area contributed by atoms with Crippen LogP contribution in [0.15, 0.2) is 89.4 Å². The van der Waals surface area contributed by atoms with Crippen LogP contribution in [0.4, 0.5) is 0 Å². The number of rotatable bonds is 8. The first-order chi connectivity index (χ1) is 13.1. The highest BCUT2D eigenvalue weighted by molar-refractivity contribution is 9.10. The van der Waals surface area contributed by atoms with E-state index in [1.165, 1.54) is 0 Å². The fourth-order valence-electron chi connectivity index (χ4n) is 3.02. The van der Waals surface area contributed by atoms with E-state index in [-0.39, 0.29) is 0 Å². The van der Waals surface area contributed by atoms with Gasteiger partial charge in [-0.25, -0.2) is 0 Å². The molecular weight excluding hydrogens is 421 g/mol. The second-order valence-electron chi connectivity index (χ2n) is 6.17. The van der Waals surface area contributed by atoms with E-state index < -0.39 is 13.2 Å². The second kappa shape index (κ2) is 9.48. The highest BCUT2D eigenvalue weighted by Gasteiger charge is 2.37. The standard InChI is InChI=1S/C22H23BrNO2P/c1-2-26-27(25,21-15-13-20(23)14-16-21)22(19-11-7-4-8-12-19)24-17-18-9-5-3-6-10-18/h3-16,22,24H,2,17H2,1H3. The third kappa shape index (κ3) is 4.97. The molecule has 5 heteroatoms. The minimum atomic E-state index is -3.19. The van der Waals surface area contributed by atoms with Crippen LogP contribution in [0.1, 0.15) is 23.8 Å². The fourth-order valence-corrected chi connectivity index (χ4v) is 5.72. The van der Waals surface area contributed by atoms with Gasteiger partial charge in [-0.1, -0.05) is 76.6 Å². The van der Waals surface area contributed by atoms with E-state index in [9.17, 15) is 4.57 Å². The maximum absolute atomic E-state index is 14.1. The largest absolute Gasteiger partial charge is 0.324 e. The molecule has 0 saturated carbocycles. The van der Waals surface area contributed by atoms with Gasteiger partial charge in [0.05, 0.1) is 6.61 Å². The summed E-state index contributed by atoms with van der Waals surface area (Å²) in [5.74, 6) is -0.431. The Balaban J connectivity index is 2.00. The summed E-state index contributed by atoms with van der Waals surface area (Å²) in [4.78, 5) is 0. The summed E-state index contributed by atoms with van der Waals surface area (Å²) in [6.07, 6.45) is 0. The molecule has 3 aromatic carbocycles. The van der Waals surface area contributed by atoms with Gasteiger partial charge in [-0.3, -0.25) is 9.88 Å². The number of benzene rings is 3. The van der Waals surface area contributed by atoms with Crippen molar-refractivity contribution in [1.82, 2.24) is 5.32 Å². The third-order valence-corrected chi connectivity index (χ3v) is 7.65. The van der Waals surface area contributed by atoms with Crippen LogP contribution in [0.2, 0.25) is 0 Å². The fraction of sp³-hybridized carbons (Fsp3) is 0.182. The first kappa shape index (κ1) is 20.0. The lowest BCUT2D eigenvalue weighted by Crippen LogP contribution is -2.26. The lowest BCUT2D eigenvalue weighted by Gasteiger charge is -2.29. The van der Waals surface area contributed by atoms with Crippen LogP contribution in [0.3, 0.4) is 0 Å². The molecule has 0 aliphatic heterocycles. The van der Waals surface area contributed by atoms with Crippen molar-refractivity contribution in [1.29, 1.82) is 0 Å². The summed E-state index contributed by atoms with van der Waals surface area (Å²) >= 11 is 3.45. The Morgan fingerprint density at radius 2 is 1.52 bits per heavy atom. The molecule has 0 bridgehead atoms. The maximum atomic E-state index is 14.1. The number of hydrogen-bond donors (Lipinski definition) is 1. The van der Waals surface area contributed by atoms with E-state index in [0.717, 1.165) is 15.6 Å². The van der Waals surface area contributed by atoms with Crippen molar-refractivity contribution in [2.24, 2.45) is 0 Å². The quantitative estimate of drug-likeness (QED) is 0.441. The molecule has 1 N–H and O–H groups in total. The second-order valence-corrected chi connectivity index (χ2v) is 9.57. The normalized spacial score (nSPS) is 14.4. The third-order valence-electron chi connectivity index (χ3n) is 4.30. The molecule has 2 unspecified atom stereocenters. The van der Waals surface area contributed by atoms with Crippen LogP contribution >= 0.6 is 23.3 Å². The molecule has 0 spiro atoms. The summed E-state index contributed by atoms with van der Waals surface area (Å²) in [5.41, 5.74) is 2.09. The van der Waals surface area contributed by atoms with E-state index in [1.54, 1.807) is 0 Å². The van der Waals surface area contributed by atoms with Crippen LogP contribution in [-0.4, -0.2) is 6.61 Å². The van der Waals surface area contributed by atoms with E-state index in [2.05, 4.69) is 33.4 Å². The lowest BCUT2D eigenvalue weighted by atomic mass is 10.2. The summed E-state index contributed by atoms with van der Waals surface area (Å²) < 4.78 is 21.0. The molecule has 2 atom stereocenters. The molecule has 0 amide bonds. The topological polar surface area (TPSA) is 38.3 Å². The van der Waals surface area contributed by atoms with Crippen molar-refractivity contribution in [3.63, 3.8) is 0 Å². The number of halogens is 1. The average molecular weight is 444 g/mol. The summed E-state index contributed by atoms with van der Waals surface area (Å²) in [7, 11) is -3.19. The monoisotopic (exact) mass is 443 g/mol. The molecule has 3 rings (SSSR count). The van der Waals surface area contributed by atoms with Gasteiger partial charge in [-0.05, 0) is 42.3 Å². The van der Waals surface area contributed by atoms with Crippen molar-refractivity contribution in [3.05, 3.63) is 101 Å². The molecule has 0 saturated heterocycles. The molecular formula is C22H23BrNO2P. The van der Waals surface area contributed by atoms with Crippen molar-refractivity contribution < 1.29 is 9.09 Å². The lowest BCUT2D eigenvalue weighted by molar-refractivity contribution is 0.327. The Hall–Kier alpha value is -1.71. The van der Waals surface area contributed by atoms with Crippen LogP contribution < -0.4 is 10.6 Å². The van der Waals surface area contributed by atoms with Crippen LogP contribution in [0, 0.1) is 0 Å².